The van der Waals surface area contributed by atoms with Crippen molar-refractivity contribution in [2.45, 2.75) is 12.6 Å². The van der Waals surface area contributed by atoms with Gasteiger partial charge < -0.3 is 5.32 Å². The summed E-state index contributed by atoms with van der Waals surface area (Å²) in [5.74, 6) is -0.501. The van der Waals surface area contributed by atoms with Crippen LogP contribution in [0.2, 0.25) is 0 Å². The second-order valence-electron chi connectivity index (χ2n) is 3.16. The molecule has 1 nitrogen and oxygen atoms in total. The van der Waals surface area contributed by atoms with Gasteiger partial charge in [0.15, 0.2) is 0 Å². The maximum Gasteiger partial charge on any atom is 0.416 e. The Labute approximate surface area is 95.4 Å². The van der Waals surface area contributed by atoms with Gasteiger partial charge in [-0.2, -0.15) is 13.2 Å². The van der Waals surface area contributed by atoms with E-state index in [0.29, 0.717) is 24.9 Å². The number of nitrogens with one attached hydrogen (secondary N) is 1. The van der Waals surface area contributed by atoms with E-state index < -0.39 is 17.6 Å². The molecule has 0 spiro atoms. The summed E-state index contributed by atoms with van der Waals surface area (Å²) < 4.78 is 49.8. The smallest absolute Gasteiger partial charge is 0.383 e. The summed E-state index contributed by atoms with van der Waals surface area (Å²) >= 11 is 5.41. The van der Waals surface area contributed by atoms with Crippen LogP contribution in [0.25, 0.3) is 0 Å². The Morgan fingerprint density at radius 2 is 1.94 bits per heavy atom. The van der Waals surface area contributed by atoms with E-state index in [1.807, 2.05) is 0 Å². The van der Waals surface area contributed by atoms with Crippen LogP contribution in [0.15, 0.2) is 18.2 Å². The van der Waals surface area contributed by atoms with Gasteiger partial charge >= 0.3 is 6.18 Å². The molecule has 0 saturated heterocycles. The monoisotopic (exact) mass is 255 g/mol. The fourth-order valence-corrected chi connectivity index (χ4v) is 1.26. The van der Waals surface area contributed by atoms with Gasteiger partial charge in [0.1, 0.15) is 5.82 Å². The Hall–Kier alpha value is -0.970. The molecule has 1 aromatic rings. The van der Waals surface area contributed by atoms with Crippen LogP contribution in [0.5, 0.6) is 0 Å². The molecule has 0 aliphatic rings. The van der Waals surface area contributed by atoms with Crippen LogP contribution >= 0.6 is 11.6 Å². The molecule has 1 N–H and O–H groups in total. The molecule has 16 heavy (non-hydrogen) atoms. The van der Waals surface area contributed by atoms with Crippen molar-refractivity contribution in [2.24, 2.45) is 0 Å². The van der Waals surface area contributed by atoms with Crippen LogP contribution in [-0.2, 0) is 6.18 Å². The number of rotatable bonds is 4. The lowest BCUT2D eigenvalue weighted by Crippen LogP contribution is -2.08. The van der Waals surface area contributed by atoms with E-state index in [0.717, 1.165) is 12.1 Å². The van der Waals surface area contributed by atoms with Gasteiger partial charge in [-0.1, -0.05) is 0 Å². The first-order valence-corrected chi connectivity index (χ1v) is 5.15. The Kier molecular flexibility index (Phi) is 4.41. The average molecular weight is 256 g/mol. The van der Waals surface area contributed by atoms with Crippen molar-refractivity contribution >= 4 is 17.3 Å². The number of benzene rings is 1. The van der Waals surface area contributed by atoms with E-state index in [1.165, 1.54) is 0 Å². The zero-order valence-corrected chi connectivity index (χ0v) is 9.00. The summed E-state index contributed by atoms with van der Waals surface area (Å²) in [6.45, 7) is 0.422. The van der Waals surface area contributed by atoms with Gasteiger partial charge in [0, 0.05) is 12.4 Å². The molecule has 0 radical (unpaired) electrons. The van der Waals surface area contributed by atoms with Crippen LogP contribution < -0.4 is 5.32 Å². The highest BCUT2D eigenvalue weighted by molar-refractivity contribution is 6.17. The molecule has 0 saturated carbocycles. The largest absolute Gasteiger partial charge is 0.416 e. The van der Waals surface area contributed by atoms with Gasteiger partial charge in [0.05, 0.1) is 11.3 Å². The third kappa shape index (κ3) is 3.56. The molecule has 1 aromatic carbocycles. The molecule has 1 rings (SSSR count). The third-order valence-corrected chi connectivity index (χ3v) is 2.19. The van der Waals surface area contributed by atoms with E-state index >= 15 is 0 Å². The second-order valence-corrected chi connectivity index (χ2v) is 3.54. The number of halogens is 5. The first kappa shape index (κ1) is 13.1. The van der Waals surface area contributed by atoms with Gasteiger partial charge in [-0.3, -0.25) is 0 Å². The highest BCUT2D eigenvalue weighted by Gasteiger charge is 2.31. The Morgan fingerprint density at radius 1 is 1.25 bits per heavy atom. The van der Waals surface area contributed by atoms with E-state index in [2.05, 4.69) is 5.32 Å². The summed E-state index contributed by atoms with van der Waals surface area (Å²) in [7, 11) is 0. The topological polar surface area (TPSA) is 12.0 Å². The molecule has 0 aromatic heterocycles. The van der Waals surface area contributed by atoms with Crippen molar-refractivity contribution in [3.63, 3.8) is 0 Å². The maximum absolute atomic E-state index is 13.2. The van der Waals surface area contributed by atoms with Crippen molar-refractivity contribution in [1.29, 1.82) is 0 Å². The van der Waals surface area contributed by atoms with E-state index in [1.54, 1.807) is 0 Å². The van der Waals surface area contributed by atoms with Crippen LogP contribution in [-0.4, -0.2) is 12.4 Å². The molecule has 0 aliphatic carbocycles. The number of hydrogen-bond acceptors (Lipinski definition) is 1. The zero-order valence-electron chi connectivity index (χ0n) is 8.24. The standard InChI is InChI=1S/C10H10ClF4N/c11-4-1-5-16-9-3-2-7(6-8(9)12)10(13,14)15/h2-3,6,16H,1,4-5H2. The van der Waals surface area contributed by atoms with Crippen LogP contribution in [0.4, 0.5) is 23.2 Å². The molecule has 0 amide bonds. The minimum absolute atomic E-state index is 0.0538. The van der Waals surface area contributed by atoms with Crippen molar-refractivity contribution in [3.05, 3.63) is 29.6 Å². The van der Waals surface area contributed by atoms with Gasteiger partial charge in [0.25, 0.3) is 0 Å². The van der Waals surface area contributed by atoms with Crippen molar-refractivity contribution in [1.82, 2.24) is 0 Å². The summed E-state index contributed by atoms with van der Waals surface area (Å²) in [6.07, 6.45) is -3.91. The van der Waals surface area contributed by atoms with Crippen LogP contribution in [0.3, 0.4) is 0 Å². The highest BCUT2D eigenvalue weighted by atomic mass is 35.5. The lowest BCUT2D eigenvalue weighted by Gasteiger charge is -2.10. The first-order chi connectivity index (χ1) is 7.45. The Balaban J connectivity index is 2.76. The van der Waals surface area contributed by atoms with Crippen LogP contribution in [0, 0.1) is 5.82 Å². The average Bonchev–Trinajstić information content (AvgIpc) is 2.19. The summed E-state index contributed by atoms with van der Waals surface area (Å²) in [6, 6.07) is 2.39. The van der Waals surface area contributed by atoms with Gasteiger partial charge in [-0.05, 0) is 24.6 Å². The minimum atomic E-state index is -4.52. The van der Waals surface area contributed by atoms with Crippen molar-refractivity contribution in [2.75, 3.05) is 17.7 Å². The van der Waals surface area contributed by atoms with Gasteiger partial charge in [-0.25, -0.2) is 4.39 Å². The SMILES string of the molecule is Fc1cc(C(F)(F)F)ccc1NCCCCl. The van der Waals surface area contributed by atoms with E-state index in [4.69, 9.17) is 11.6 Å². The lowest BCUT2D eigenvalue weighted by molar-refractivity contribution is -0.137. The molecule has 0 aliphatic heterocycles. The molecule has 6 heteroatoms. The first-order valence-electron chi connectivity index (χ1n) is 4.61. The van der Waals surface area contributed by atoms with E-state index in [9.17, 15) is 17.6 Å². The summed E-state index contributed by atoms with van der Waals surface area (Å²) in [4.78, 5) is 0. The third-order valence-electron chi connectivity index (χ3n) is 1.92. The zero-order chi connectivity index (χ0) is 12.2. The van der Waals surface area contributed by atoms with Gasteiger partial charge in [-0.15, -0.1) is 11.6 Å². The number of anilines is 1. The molecule has 0 fully saturated rings. The molecular formula is C10H10ClF4N. The normalized spacial score (nSPS) is 11.6. The molecule has 0 heterocycles. The van der Waals surface area contributed by atoms with Crippen molar-refractivity contribution in [3.8, 4) is 0 Å². The second kappa shape index (κ2) is 5.39. The summed E-state index contributed by atoms with van der Waals surface area (Å²) in [5.41, 5.74) is -0.939. The van der Waals surface area contributed by atoms with Crippen LogP contribution in [0.1, 0.15) is 12.0 Å². The molecule has 0 unspecified atom stereocenters. The van der Waals surface area contributed by atoms with Gasteiger partial charge in [0.2, 0.25) is 0 Å². The predicted octanol–water partition coefficient (Wildman–Crippen LogP) is 3.89. The Morgan fingerprint density at radius 3 is 2.44 bits per heavy atom. The number of alkyl halides is 4. The molecule has 0 bridgehead atoms. The molecule has 0 atom stereocenters. The fraction of sp³-hybridized carbons (Fsp3) is 0.400. The minimum Gasteiger partial charge on any atom is -0.383 e. The quantitative estimate of drug-likeness (QED) is 0.489. The highest BCUT2D eigenvalue weighted by Crippen LogP contribution is 2.31. The molecule has 90 valence electrons. The predicted molar refractivity (Wildman–Crippen MR) is 55.2 cm³/mol. The summed E-state index contributed by atoms with van der Waals surface area (Å²) in [5, 5.41) is 2.67. The fourth-order valence-electron chi connectivity index (χ4n) is 1.12. The maximum atomic E-state index is 13.2. The number of hydrogen-bond donors (Lipinski definition) is 1. The Bertz CT molecular complexity index is 351. The molecular weight excluding hydrogens is 246 g/mol. The van der Waals surface area contributed by atoms with Crippen molar-refractivity contribution < 1.29 is 17.6 Å². The van der Waals surface area contributed by atoms with E-state index in [-0.39, 0.29) is 5.69 Å². The lowest BCUT2D eigenvalue weighted by atomic mass is 10.2.